The van der Waals surface area contributed by atoms with E-state index in [0.29, 0.717) is 18.7 Å². The van der Waals surface area contributed by atoms with Crippen molar-refractivity contribution in [2.24, 2.45) is 5.73 Å². The first-order valence-corrected chi connectivity index (χ1v) is 8.58. The lowest BCUT2D eigenvalue weighted by Crippen LogP contribution is -2.18. The van der Waals surface area contributed by atoms with Crippen molar-refractivity contribution in [1.82, 2.24) is 0 Å². The van der Waals surface area contributed by atoms with Crippen molar-refractivity contribution in [1.29, 1.82) is 0 Å². The van der Waals surface area contributed by atoms with Gasteiger partial charge >= 0.3 is 0 Å². The van der Waals surface area contributed by atoms with E-state index in [1.807, 2.05) is 18.2 Å². The summed E-state index contributed by atoms with van der Waals surface area (Å²) in [7, 11) is -1.69. The molecule has 0 bridgehead atoms. The van der Waals surface area contributed by atoms with Gasteiger partial charge in [-0.05, 0) is 18.1 Å². The Morgan fingerprint density at radius 3 is 2.67 bits per heavy atom. The topological polar surface area (TPSA) is 98.5 Å². The second kappa shape index (κ2) is 8.76. The number of rotatable bonds is 9. The third-order valence-electron chi connectivity index (χ3n) is 2.97. The number of ether oxygens (including phenoxy) is 1. The average Bonchev–Trinajstić information content (AvgIpc) is 2.45. The van der Waals surface area contributed by atoms with Crippen molar-refractivity contribution in [2.75, 3.05) is 30.5 Å². The number of para-hydroxylation sites is 1. The fourth-order valence-electron chi connectivity index (χ4n) is 1.80. The number of carbonyl (C=O) groups excluding carboxylic acids is 1. The SMILES string of the molecule is COCCS(=O)(=O)CCCC(=O)Nc1ccccc1CN. The van der Waals surface area contributed by atoms with Gasteiger partial charge < -0.3 is 15.8 Å². The normalized spacial score (nSPS) is 11.3. The number of anilines is 1. The van der Waals surface area contributed by atoms with Gasteiger partial charge in [-0.2, -0.15) is 0 Å². The fourth-order valence-corrected chi connectivity index (χ4v) is 3.01. The molecular weight excluding hydrogens is 292 g/mol. The van der Waals surface area contributed by atoms with Gasteiger partial charge in [0.25, 0.3) is 0 Å². The van der Waals surface area contributed by atoms with E-state index in [1.54, 1.807) is 6.07 Å². The van der Waals surface area contributed by atoms with Crippen LogP contribution >= 0.6 is 0 Å². The molecule has 0 aliphatic heterocycles. The third kappa shape index (κ3) is 6.70. The third-order valence-corrected chi connectivity index (χ3v) is 4.67. The molecule has 1 amide bonds. The Balaban J connectivity index is 2.41. The van der Waals surface area contributed by atoms with Crippen LogP contribution in [0.5, 0.6) is 0 Å². The first-order valence-electron chi connectivity index (χ1n) is 6.75. The Kier molecular flexibility index (Phi) is 7.35. The van der Waals surface area contributed by atoms with Crippen LogP contribution in [-0.2, 0) is 25.9 Å². The van der Waals surface area contributed by atoms with Crippen molar-refractivity contribution in [3.63, 3.8) is 0 Å². The molecule has 6 nitrogen and oxygen atoms in total. The van der Waals surface area contributed by atoms with Gasteiger partial charge in [0, 0.05) is 25.8 Å². The molecule has 0 atom stereocenters. The Morgan fingerprint density at radius 2 is 2.00 bits per heavy atom. The minimum atomic E-state index is -3.15. The number of carbonyl (C=O) groups is 1. The standard InChI is InChI=1S/C14H22N2O4S/c1-20-8-10-21(18,19)9-4-7-14(17)16-13-6-3-2-5-12(13)11-15/h2-3,5-6H,4,7-11,15H2,1H3,(H,16,17). The quantitative estimate of drug-likeness (QED) is 0.706. The number of hydrogen-bond acceptors (Lipinski definition) is 5. The monoisotopic (exact) mass is 314 g/mol. The van der Waals surface area contributed by atoms with E-state index in [1.165, 1.54) is 7.11 Å². The lowest BCUT2D eigenvalue weighted by molar-refractivity contribution is -0.116. The maximum absolute atomic E-state index is 11.8. The van der Waals surface area contributed by atoms with Crippen molar-refractivity contribution in [2.45, 2.75) is 19.4 Å². The molecule has 0 spiro atoms. The summed E-state index contributed by atoms with van der Waals surface area (Å²) in [6.45, 7) is 0.514. The van der Waals surface area contributed by atoms with Gasteiger partial charge in [0.05, 0.1) is 18.1 Å². The Bertz CT molecular complexity index is 558. The van der Waals surface area contributed by atoms with Crippen molar-refractivity contribution < 1.29 is 17.9 Å². The predicted octanol–water partition coefficient (Wildman–Crippen LogP) is 0.925. The van der Waals surface area contributed by atoms with Crippen LogP contribution in [0.15, 0.2) is 24.3 Å². The number of nitrogens with one attached hydrogen (secondary N) is 1. The molecule has 0 saturated heterocycles. The van der Waals surface area contributed by atoms with Gasteiger partial charge in [-0.3, -0.25) is 4.79 Å². The molecule has 21 heavy (non-hydrogen) atoms. The number of methoxy groups -OCH3 is 1. The maximum atomic E-state index is 11.8. The molecule has 0 fully saturated rings. The summed E-state index contributed by atoms with van der Waals surface area (Å²) in [4.78, 5) is 11.8. The molecule has 3 N–H and O–H groups in total. The number of sulfone groups is 1. The first kappa shape index (κ1) is 17.6. The van der Waals surface area contributed by atoms with E-state index in [2.05, 4.69) is 5.32 Å². The Labute approximate surface area is 125 Å². The summed E-state index contributed by atoms with van der Waals surface area (Å²) in [6.07, 6.45) is 0.452. The summed E-state index contributed by atoms with van der Waals surface area (Å²) < 4.78 is 27.9. The van der Waals surface area contributed by atoms with Crippen LogP contribution in [0.25, 0.3) is 0 Å². The van der Waals surface area contributed by atoms with E-state index in [4.69, 9.17) is 10.5 Å². The zero-order valence-corrected chi connectivity index (χ0v) is 13.0. The lowest BCUT2D eigenvalue weighted by Gasteiger charge is -2.09. The van der Waals surface area contributed by atoms with Crippen molar-refractivity contribution in [3.05, 3.63) is 29.8 Å². The van der Waals surface area contributed by atoms with Gasteiger partial charge in [0.1, 0.15) is 0 Å². The predicted molar refractivity (Wildman–Crippen MR) is 82.7 cm³/mol. The van der Waals surface area contributed by atoms with Crippen LogP contribution < -0.4 is 11.1 Å². The van der Waals surface area contributed by atoms with Crippen molar-refractivity contribution in [3.8, 4) is 0 Å². The van der Waals surface area contributed by atoms with Crippen LogP contribution in [0.4, 0.5) is 5.69 Å². The minimum absolute atomic E-state index is 0.0116. The molecule has 1 aromatic carbocycles. The van der Waals surface area contributed by atoms with E-state index in [9.17, 15) is 13.2 Å². The molecule has 1 aromatic rings. The second-order valence-corrected chi connectivity index (χ2v) is 6.96. The largest absolute Gasteiger partial charge is 0.384 e. The number of amides is 1. The zero-order valence-electron chi connectivity index (χ0n) is 12.2. The van der Waals surface area contributed by atoms with Gasteiger partial charge in [-0.15, -0.1) is 0 Å². The van der Waals surface area contributed by atoms with Gasteiger partial charge in [0.15, 0.2) is 9.84 Å². The number of nitrogens with two attached hydrogens (primary N) is 1. The molecule has 0 unspecified atom stereocenters. The van der Waals surface area contributed by atoms with E-state index < -0.39 is 9.84 Å². The van der Waals surface area contributed by atoms with E-state index in [0.717, 1.165) is 5.56 Å². The van der Waals surface area contributed by atoms with Gasteiger partial charge in [0.2, 0.25) is 5.91 Å². The number of benzene rings is 1. The highest BCUT2D eigenvalue weighted by atomic mass is 32.2. The highest BCUT2D eigenvalue weighted by Crippen LogP contribution is 2.14. The van der Waals surface area contributed by atoms with Crippen LogP contribution in [0.2, 0.25) is 0 Å². The zero-order chi connectivity index (χ0) is 15.7. The van der Waals surface area contributed by atoms with Crippen LogP contribution in [0.3, 0.4) is 0 Å². The first-order chi connectivity index (χ1) is 9.98. The van der Waals surface area contributed by atoms with Gasteiger partial charge in [-0.1, -0.05) is 18.2 Å². The molecule has 118 valence electrons. The number of hydrogen-bond donors (Lipinski definition) is 2. The van der Waals surface area contributed by atoms with E-state index >= 15 is 0 Å². The second-order valence-electron chi connectivity index (χ2n) is 4.66. The minimum Gasteiger partial charge on any atom is -0.384 e. The van der Waals surface area contributed by atoms with Crippen LogP contribution in [0, 0.1) is 0 Å². The Morgan fingerprint density at radius 1 is 1.29 bits per heavy atom. The van der Waals surface area contributed by atoms with E-state index in [-0.39, 0.29) is 30.4 Å². The summed E-state index contributed by atoms with van der Waals surface area (Å²) in [6, 6.07) is 7.27. The summed E-state index contributed by atoms with van der Waals surface area (Å²) in [5, 5.41) is 2.75. The van der Waals surface area contributed by atoms with Gasteiger partial charge in [-0.25, -0.2) is 8.42 Å². The highest BCUT2D eigenvalue weighted by molar-refractivity contribution is 7.91. The smallest absolute Gasteiger partial charge is 0.224 e. The summed E-state index contributed by atoms with van der Waals surface area (Å²) in [5.41, 5.74) is 7.11. The molecule has 1 rings (SSSR count). The Hall–Kier alpha value is -1.44. The maximum Gasteiger partial charge on any atom is 0.224 e. The molecule has 0 aromatic heterocycles. The lowest BCUT2D eigenvalue weighted by atomic mass is 10.1. The van der Waals surface area contributed by atoms with Crippen molar-refractivity contribution >= 4 is 21.4 Å². The molecule has 7 heteroatoms. The summed E-state index contributed by atoms with van der Waals surface area (Å²) in [5.74, 6) is -0.235. The highest BCUT2D eigenvalue weighted by Gasteiger charge is 2.12. The molecular formula is C14H22N2O4S. The molecule has 0 saturated carbocycles. The molecule has 0 heterocycles. The fraction of sp³-hybridized carbons (Fsp3) is 0.500. The molecule has 0 aliphatic carbocycles. The molecule has 0 aliphatic rings. The van der Waals surface area contributed by atoms with Crippen LogP contribution in [0.1, 0.15) is 18.4 Å². The summed E-state index contributed by atoms with van der Waals surface area (Å²) >= 11 is 0. The average molecular weight is 314 g/mol. The molecule has 0 radical (unpaired) electrons. The van der Waals surface area contributed by atoms with Crippen LogP contribution in [-0.4, -0.2) is 39.5 Å².